The van der Waals surface area contributed by atoms with E-state index in [-0.39, 0.29) is 30.9 Å². The first-order valence-electron chi connectivity index (χ1n) is 9.17. The summed E-state index contributed by atoms with van der Waals surface area (Å²) in [6.07, 6.45) is 5.24. The standard InChI is InChI=1S/C21H21Cl2N3O2S.2ClH/c1-14-8-17(3-5-20(14)24)29-11-16-10-27-21(28-16,12-26-7-6-25-13-26)18-4-2-15(22)9-19(18)23;;/h2-9,13,16H,10-12,24H2,1H3;2*1H/t16-,21+;;/m0../s1. The van der Waals surface area contributed by atoms with Crippen molar-refractivity contribution in [3.63, 3.8) is 0 Å². The quantitative estimate of drug-likeness (QED) is 0.318. The van der Waals surface area contributed by atoms with Gasteiger partial charge in [0.15, 0.2) is 0 Å². The molecule has 2 atom stereocenters. The number of halogens is 4. The number of imidazole rings is 1. The first-order chi connectivity index (χ1) is 13.9. The van der Waals surface area contributed by atoms with Crippen LogP contribution in [0.1, 0.15) is 11.1 Å². The van der Waals surface area contributed by atoms with Gasteiger partial charge in [-0.15, -0.1) is 36.6 Å². The number of hydrogen-bond acceptors (Lipinski definition) is 5. The zero-order valence-corrected chi connectivity index (χ0v) is 20.6. The third kappa shape index (κ3) is 6.02. The van der Waals surface area contributed by atoms with E-state index in [2.05, 4.69) is 11.1 Å². The molecule has 31 heavy (non-hydrogen) atoms. The number of nitrogens with zero attached hydrogens (tertiary/aromatic N) is 2. The molecular weight excluding hydrogens is 500 g/mol. The fourth-order valence-electron chi connectivity index (χ4n) is 3.30. The number of anilines is 1. The first-order valence-corrected chi connectivity index (χ1v) is 10.9. The topological polar surface area (TPSA) is 62.3 Å². The lowest BCUT2D eigenvalue weighted by Gasteiger charge is -2.30. The number of hydrogen-bond donors (Lipinski definition) is 1. The highest BCUT2D eigenvalue weighted by molar-refractivity contribution is 7.99. The molecule has 2 N–H and O–H groups in total. The van der Waals surface area contributed by atoms with Gasteiger partial charge in [-0.2, -0.15) is 0 Å². The second-order valence-electron chi connectivity index (χ2n) is 6.99. The smallest absolute Gasteiger partial charge is 0.215 e. The van der Waals surface area contributed by atoms with Crippen LogP contribution in [-0.4, -0.2) is 28.0 Å². The van der Waals surface area contributed by atoms with E-state index in [1.807, 2.05) is 35.9 Å². The van der Waals surface area contributed by atoms with Gasteiger partial charge in [-0.25, -0.2) is 4.98 Å². The van der Waals surface area contributed by atoms with E-state index in [4.69, 9.17) is 38.4 Å². The van der Waals surface area contributed by atoms with Crippen molar-refractivity contribution >= 4 is 65.5 Å². The molecule has 1 fully saturated rings. The van der Waals surface area contributed by atoms with Crippen LogP contribution in [0.3, 0.4) is 0 Å². The lowest BCUT2D eigenvalue weighted by Crippen LogP contribution is -2.34. The van der Waals surface area contributed by atoms with Crippen LogP contribution in [0.15, 0.2) is 60.0 Å². The third-order valence-electron chi connectivity index (χ3n) is 4.83. The Bertz CT molecular complexity index is 1010. The number of benzene rings is 2. The van der Waals surface area contributed by atoms with E-state index in [9.17, 15) is 0 Å². The fourth-order valence-corrected chi connectivity index (χ4v) is 4.82. The van der Waals surface area contributed by atoms with E-state index < -0.39 is 5.79 Å². The summed E-state index contributed by atoms with van der Waals surface area (Å²) < 4.78 is 14.6. The van der Waals surface area contributed by atoms with Gasteiger partial charge >= 0.3 is 0 Å². The lowest BCUT2D eigenvalue weighted by atomic mass is 10.1. The molecule has 1 aromatic heterocycles. The number of rotatable bonds is 6. The number of nitrogens with two attached hydrogens (primary N) is 1. The van der Waals surface area contributed by atoms with Crippen LogP contribution in [0, 0.1) is 6.92 Å². The second-order valence-corrected chi connectivity index (χ2v) is 8.93. The second kappa shape index (κ2) is 11.1. The number of aryl methyl sites for hydroxylation is 1. The molecule has 3 aromatic rings. The average Bonchev–Trinajstić information content (AvgIpc) is 3.33. The maximum absolute atomic E-state index is 6.51. The number of thioether (sulfide) groups is 1. The Morgan fingerprint density at radius 3 is 2.71 bits per heavy atom. The summed E-state index contributed by atoms with van der Waals surface area (Å²) in [6.45, 7) is 2.92. The number of aromatic nitrogens is 2. The van der Waals surface area contributed by atoms with Crippen LogP contribution in [0.25, 0.3) is 0 Å². The summed E-state index contributed by atoms with van der Waals surface area (Å²) in [5, 5.41) is 1.08. The molecule has 4 rings (SSSR count). The highest BCUT2D eigenvalue weighted by atomic mass is 35.5. The van der Waals surface area contributed by atoms with E-state index in [0.29, 0.717) is 23.2 Å². The summed E-state index contributed by atoms with van der Waals surface area (Å²) in [7, 11) is 0. The monoisotopic (exact) mass is 521 g/mol. The third-order valence-corrected chi connectivity index (χ3v) is 6.50. The Morgan fingerprint density at radius 2 is 2.03 bits per heavy atom. The minimum absolute atomic E-state index is 0. The molecule has 168 valence electrons. The molecule has 0 radical (unpaired) electrons. The molecule has 0 unspecified atom stereocenters. The molecule has 0 aliphatic carbocycles. The van der Waals surface area contributed by atoms with Gasteiger partial charge in [0.1, 0.15) is 0 Å². The van der Waals surface area contributed by atoms with E-state index in [1.165, 1.54) is 0 Å². The molecule has 0 amide bonds. The Labute approximate surface area is 208 Å². The highest BCUT2D eigenvalue weighted by Gasteiger charge is 2.45. The van der Waals surface area contributed by atoms with Gasteiger partial charge < -0.3 is 19.8 Å². The van der Waals surface area contributed by atoms with Crippen molar-refractivity contribution in [1.29, 1.82) is 0 Å². The molecule has 0 spiro atoms. The summed E-state index contributed by atoms with van der Waals surface area (Å²) in [5.41, 5.74) is 8.54. The maximum atomic E-state index is 6.51. The lowest BCUT2D eigenvalue weighted by molar-refractivity contribution is -0.184. The van der Waals surface area contributed by atoms with Crippen LogP contribution >= 0.6 is 59.8 Å². The van der Waals surface area contributed by atoms with Crippen molar-refractivity contribution in [2.75, 3.05) is 18.1 Å². The summed E-state index contributed by atoms with van der Waals surface area (Å²) >= 11 is 14.3. The average molecular weight is 523 g/mol. The summed E-state index contributed by atoms with van der Waals surface area (Å²) in [4.78, 5) is 5.27. The Kier molecular flexibility index (Phi) is 9.40. The maximum Gasteiger partial charge on any atom is 0.215 e. The zero-order chi connectivity index (χ0) is 20.4. The Morgan fingerprint density at radius 1 is 1.23 bits per heavy atom. The molecule has 2 heterocycles. The fraction of sp³-hybridized carbons (Fsp3) is 0.286. The number of nitrogen functional groups attached to an aromatic ring is 1. The van der Waals surface area contributed by atoms with Crippen LogP contribution in [0.4, 0.5) is 5.69 Å². The van der Waals surface area contributed by atoms with Gasteiger partial charge in [0.2, 0.25) is 5.79 Å². The molecule has 0 bridgehead atoms. The molecular formula is C21H23Cl4N3O2S. The first kappa shape index (κ1) is 26.1. The largest absolute Gasteiger partial charge is 0.399 e. The van der Waals surface area contributed by atoms with Gasteiger partial charge in [0, 0.05) is 39.3 Å². The minimum Gasteiger partial charge on any atom is -0.399 e. The van der Waals surface area contributed by atoms with Gasteiger partial charge in [0.05, 0.1) is 30.6 Å². The number of ether oxygens (including phenoxy) is 2. The molecule has 0 saturated carbocycles. The summed E-state index contributed by atoms with van der Waals surface area (Å²) in [5.74, 6) is -0.245. The highest BCUT2D eigenvalue weighted by Crippen LogP contribution is 2.41. The SMILES string of the molecule is Cc1cc(SC[C@@H]2CO[C@@](Cn3ccnc3)(c3ccc(Cl)cc3Cl)O2)ccc1N.Cl.Cl. The van der Waals surface area contributed by atoms with E-state index in [0.717, 1.165) is 27.5 Å². The van der Waals surface area contributed by atoms with Crippen molar-refractivity contribution in [2.24, 2.45) is 0 Å². The zero-order valence-electron chi connectivity index (χ0n) is 16.7. The van der Waals surface area contributed by atoms with Crippen LogP contribution in [-0.2, 0) is 21.8 Å². The van der Waals surface area contributed by atoms with Crippen LogP contribution in [0.2, 0.25) is 10.0 Å². The van der Waals surface area contributed by atoms with Crippen LogP contribution < -0.4 is 5.73 Å². The predicted octanol–water partition coefficient (Wildman–Crippen LogP) is 5.98. The van der Waals surface area contributed by atoms with E-state index >= 15 is 0 Å². The van der Waals surface area contributed by atoms with Crippen molar-refractivity contribution in [1.82, 2.24) is 9.55 Å². The molecule has 1 saturated heterocycles. The predicted molar refractivity (Wildman–Crippen MR) is 132 cm³/mol. The molecule has 1 aliphatic heterocycles. The van der Waals surface area contributed by atoms with Gasteiger partial charge in [-0.3, -0.25) is 0 Å². The van der Waals surface area contributed by atoms with Crippen molar-refractivity contribution < 1.29 is 9.47 Å². The Balaban J connectivity index is 0.00000171. The minimum atomic E-state index is -0.995. The molecule has 10 heteroatoms. The van der Waals surface area contributed by atoms with Gasteiger partial charge in [-0.05, 0) is 42.8 Å². The van der Waals surface area contributed by atoms with Crippen molar-refractivity contribution in [3.05, 3.63) is 76.3 Å². The van der Waals surface area contributed by atoms with Crippen molar-refractivity contribution in [2.45, 2.75) is 30.3 Å². The molecule has 5 nitrogen and oxygen atoms in total. The molecule has 2 aromatic carbocycles. The molecule has 1 aliphatic rings. The van der Waals surface area contributed by atoms with Crippen molar-refractivity contribution in [3.8, 4) is 0 Å². The van der Waals surface area contributed by atoms with Gasteiger partial charge in [-0.1, -0.05) is 29.3 Å². The van der Waals surface area contributed by atoms with Gasteiger partial charge in [0.25, 0.3) is 0 Å². The van der Waals surface area contributed by atoms with E-state index in [1.54, 1.807) is 36.4 Å². The Hall–Kier alpha value is -1.12. The summed E-state index contributed by atoms with van der Waals surface area (Å²) in [6, 6.07) is 11.4. The normalized spacial score (nSPS) is 20.2. The van der Waals surface area contributed by atoms with Crippen LogP contribution in [0.5, 0.6) is 0 Å².